The van der Waals surface area contributed by atoms with E-state index in [0.29, 0.717) is 0 Å². The molecule has 4 rings (SSSR count). The van der Waals surface area contributed by atoms with Crippen LogP contribution in [0.25, 0.3) is 0 Å². The molecule has 4 atom stereocenters. The molecule has 3 heteroatoms. The summed E-state index contributed by atoms with van der Waals surface area (Å²) in [5.74, 6) is 2.41. The van der Waals surface area contributed by atoms with Crippen LogP contribution in [0.4, 0.5) is 4.79 Å². The van der Waals surface area contributed by atoms with Crippen molar-refractivity contribution in [2.75, 3.05) is 7.11 Å². The van der Waals surface area contributed by atoms with Crippen LogP contribution in [-0.4, -0.2) is 18.7 Å². The Hall–Kier alpha value is -0.730. The van der Waals surface area contributed by atoms with Crippen molar-refractivity contribution in [1.82, 2.24) is 5.32 Å². The molecule has 0 aromatic carbocycles. The number of ether oxygens (including phenoxy) is 1. The molecule has 78 valence electrons. The van der Waals surface area contributed by atoms with Crippen LogP contribution in [0.2, 0.25) is 0 Å². The van der Waals surface area contributed by atoms with E-state index in [4.69, 9.17) is 4.74 Å². The third-order valence-corrected chi connectivity index (χ3v) is 4.56. The molecular weight excluding hydrogens is 178 g/mol. The predicted octanol–water partition coefficient (Wildman–Crippen LogP) is 1.92. The smallest absolute Gasteiger partial charge is 0.407 e. The SMILES string of the molecule is COC(=O)NC12CC3CCCC1C2C3. The first-order chi connectivity index (χ1) is 6.76. The summed E-state index contributed by atoms with van der Waals surface area (Å²) in [6.07, 6.45) is 6.35. The normalized spacial score (nSPS) is 48.2. The number of fused-ring (bicyclic) bond motifs is 2. The van der Waals surface area contributed by atoms with Gasteiger partial charge in [0.05, 0.1) is 7.11 Å². The number of alkyl carbamates (subject to hydrolysis) is 1. The molecule has 0 saturated heterocycles. The highest BCUT2D eigenvalue weighted by Gasteiger charge is 2.70. The van der Waals surface area contributed by atoms with E-state index in [1.807, 2.05) is 0 Å². The van der Waals surface area contributed by atoms with Gasteiger partial charge in [0.1, 0.15) is 0 Å². The third-order valence-electron chi connectivity index (χ3n) is 4.56. The van der Waals surface area contributed by atoms with Crippen molar-refractivity contribution in [2.24, 2.45) is 17.8 Å². The van der Waals surface area contributed by atoms with Gasteiger partial charge in [0, 0.05) is 5.54 Å². The summed E-state index contributed by atoms with van der Waals surface area (Å²) in [5.41, 5.74) is 0.161. The molecule has 1 amide bonds. The number of carbonyl (C=O) groups excluding carboxylic acids is 1. The first-order valence-corrected chi connectivity index (χ1v) is 5.62. The van der Waals surface area contributed by atoms with Crippen LogP contribution in [0, 0.1) is 17.8 Å². The lowest BCUT2D eigenvalue weighted by molar-refractivity contribution is 0.163. The lowest BCUT2D eigenvalue weighted by atomic mass is 9.99. The lowest BCUT2D eigenvalue weighted by Crippen LogP contribution is -2.38. The summed E-state index contributed by atoms with van der Waals surface area (Å²) in [6, 6.07) is 0. The van der Waals surface area contributed by atoms with E-state index in [1.54, 1.807) is 0 Å². The van der Waals surface area contributed by atoms with Gasteiger partial charge in [-0.15, -0.1) is 0 Å². The Bertz CT molecular complexity index is 272. The van der Waals surface area contributed by atoms with Crippen LogP contribution in [0.1, 0.15) is 32.1 Å². The average Bonchev–Trinajstić information content (AvgIpc) is 2.71. The average molecular weight is 195 g/mol. The van der Waals surface area contributed by atoms with Gasteiger partial charge < -0.3 is 10.1 Å². The molecule has 3 nitrogen and oxygen atoms in total. The number of hydrogen-bond donors (Lipinski definition) is 1. The Balaban J connectivity index is 1.77. The highest BCUT2D eigenvalue weighted by molar-refractivity contribution is 5.69. The fraction of sp³-hybridized carbons (Fsp3) is 0.909. The second-order valence-electron chi connectivity index (χ2n) is 5.11. The molecule has 0 spiro atoms. The second kappa shape index (κ2) is 2.65. The first-order valence-electron chi connectivity index (χ1n) is 5.62. The molecule has 4 unspecified atom stereocenters. The van der Waals surface area contributed by atoms with Crippen molar-refractivity contribution in [3.63, 3.8) is 0 Å². The highest BCUT2D eigenvalue weighted by atomic mass is 16.5. The highest BCUT2D eigenvalue weighted by Crippen LogP contribution is 2.67. The Labute approximate surface area is 84.2 Å². The van der Waals surface area contributed by atoms with Crippen LogP contribution >= 0.6 is 0 Å². The molecule has 0 aromatic heterocycles. The quantitative estimate of drug-likeness (QED) is 0.694. The molecule has 1 N–H and O–H groups in total. The van der Waals surface area contributed by atoms with E-state index in [1.165, 1.54) is 39.2 Å². The summed E-state index contributed by atoms with van der Waals surface area (Å²) in [7, 11) is 1.45. The maximum absolute atomic E-state index is 11.3. The van der Waals surface area contributed by atoms with E-state index >= 15 is 0 Å². The van der Waals surface area contributed by atoms with Gasteiger partial charge in [-0.05, 0) is 37.0 Å². The number of rotatable bonds is 1. The van der Waals surface area contributed by atoms with E-state index in [9.17, 15) is 4.79 Å². The fourth-order valence-corrected chi connectivity index (χ4v) is 3.98. The number of carbonyl (C=O) groups is 1. The Morgan fingerprint density at radius 3 is 3.07 bits per heavy atom. The molecule has 4 fully saturated rings. The minimum Gasteiger partial charge on any atom is -0.453 e. The molecule has 4 aliphatic carbocycles. The predicted molar refractivity (Wildman–Crippen MR) is 51.8 cm³/mol. The topological polar surface area (TPSA) is 38.3 Å². The summed E-state index contributed by atoms with van der Waals surface area (Å²) >= 11 is 0. The van der Waals surface area contributed by atoms with Crippen LogP contribution in [0.5, 0.6) is 0 Å². The molecule has 14 heavy (non-hydrogen) atoms. The zero-order chi connectivity index (χ0) is 9.76. The van der Waals surface area contributed by atoms with Gasteiger partial charge in [0.25, 0.3) is 0 Å². The third kappa shape index (κ3) is 0.956. The minimum absolute atomic E-state index is 0.161. The van der Waals surface area contributed by atoms with Crippen LogP contribution in [0.15, 0.2) is 0 Å². The van der Waals surface area contributed by atoms with Crippen LogP contribution in [-0.2, 0) is 4.74 Å². The van der Waals surface area contributed by atoms with E-state index in [0.717, 1.165) is 17.8 Å². The zero-order valence-corrected chi connectivity index (χ0v) is 8.58. The van der Waals surface area contributed by atoms with Gasteiger partial charge in [0.2, 0.25) is 0 Å². The Morgan fingerprint density at radius 1 is 1.43 bits per heavy atom. The van der Waals surface area contributed by atoms with Gasteiger partial charge in [-0.3, -0.25) is 0 Å². The molecule has 0 aliphatic heterocycles. The fourth-order valence-electron chi connectivity index (χ4n) is 3.98. The number of hydrogen-bond acceptors (Lipinski definition) is 2. The maximum atomic E-state index is 11.3. The number of amides is 1. The molecule has 4 aliphatic rings. The first kappa shape index (κ1) is 8.57. The van der Waals surface area contributed by atoms with Crippen LogP contribution < -0.4 is 5.32 Å². The van der Waals surface area contributed by atoms with Crippen molar-refractivity contribution in [3.05, 3.63) is 0 Å². The molecular formula is C11H17NO2. The number of nitrogens with one attached hydrogen (secondary N) is 1. The summed E-state index contributed by atoms with van der Waals surface area (Å²) < 4.78 is 4.70. The van der Waals surface area contributed by atoms with Crippen molar-refractivity contribution in [1.29, 1.82) is 0 Å². The van der Waals surface area contributed by atoms with Crippen molar-refractivity contribution in [2.45, 2.75) is 37.6 Å². The second-order valence-corrected chi connectivity index (χ2v) is 5.11. The Morgan fingerprint density at radius 2 is 2.29 bits per heavy atom. The van der Waals surface area contributed by atoms with Gasteiger partial charge in [-0.1, -0.05) is 12.8 Å². The summed E-state index contributed by atoms with van der Waals surface area (Å²) in [5, 5.41) is 3.09. The molecule has 0 aromatic rings. The number of methoxy groups -OCH3 is 1. The summed E-state index contributed by atoms with van der Waals surface area (Å²) in [6.45, 7) is 0. The van der Waals surface area contributed by atoms with Crippen LogP contribution in [0.3, 0.4) is 0 Å². The van der Waals surface area contributed by atoms with Gasteiger partial charge in [0.15, 0.2) is 0 Å². The van der Waals surface area contributed by atoms with Crippen molar-refractivity contribution in [3.8, 4) is 0 Å². The monoisotopic (exact) mass is 195 g/mol. The van der Waals surface area contributed by atoms with E-state index < -0.39 is 0 Å². The van der Waals surface area contributed by atoms with Gasteiger partial charge in [-0.2, -0.15) is 0 Å². The van der Waals surface area contributed by atoms with Gasteiger partial charge >= 0.3 is 6.09 Å². The summed E-state index contributed by atoms with van der Waals surface area (Å²) in [4.78, 5) is 11.3. The lowest BCUT2D eigenvalue weighted by Gasteiger charge is -2.16. The van der Waals surface area contributed by atoms with E-state index in [-0.39, 0.29) is 11.6 Å². The molecule has 0 radical (unpaired) electrons. The maximum Gasteiger partial charge on any atom is 0.407 e. The molecule has 4 bridgehead atoms. The standard InChI is InChI=1S/C11H17NO2/c1-14-10(13)12-11-6-7-3-2-4-8(11)9(11)5-7/h7-9H,2-6H2,1H3,(H,12,13). The van der Waals surface area contributed by atoms with Crippen molar-refractivity contribution >= 4 is 6.09 Å². The van der Waals surface area contributed by atoms with Gasteiger partial charge in [-0.25, -0.2) is 4.79 Å². The molecule has 4 saturated carbocycles. The van der Waals surface area contributed by atoms with E-state index in [2.05, 4.69) is 5.32 Å². The molecule has 0 heterocycles. The Kier molecular flexibility index (Phi) is 1.62. The largest absolute Gasteiger partial charge is 0.453 e. The minimum atomic E-state index is -0.236. The zero-order valence-electron chi connectivity index (χ0n) is 8.58. The van der Waals surface area contributed by atoms with Crippen molar-refractivity contribution < 1.29 is 9.53 Å².